The number of urea groups is 1. The van der Waals surface area contributed by atoms with Crippen LogP contribution in [0.4, 0.5) is 16.2 Å². The summed E-state index contributed by atoms with van der Waals surface area (Å²) in [7, 11) is 2.05. The molecule has 0 saturated heterocycles. The molecule has 0 heterocycles. The number of para-hydroxylation sites is 1. The molecule has 29 heavy (non-hydrogen) atoms. The van der Waals surface area contributed by atoms with E-state index in [0.717, 1.165) is 37.1 Å². The predicted octanol–water partition coefficient (Wildman–Crippen LogP) is 3.92. The Balaban J connectivity index is 1.35. The molecule has 0 aliphatic heterocycles. The number of carbonyl (C=O) groups excluding carboxylic acids is 2. The van der Waals surface area contributed by atoms with Gasteiger partial charge in [-0.25, -0.2) is 4.79 Å². The number of anilines is 2. The van der Waals surface area contributed by atoms with E-state index in [2.05, 4.69) is 33.0 Å². The second kappa shape index (κ2) is 9.96. The number of hydrogen-bond donors (Lipinski definition) is 3. The lowest BCUT2D eigenvalue weighted by Gasteiger charge is -2.19. The molecular formula is C23H30N4O2. The zero-order valence-corrected chi connectivity index (χ0v) is 17.2. The minimum Gasteiger partial charge on any atom is -0.375 e. The lowest BCUT2D eigenvalue weighted by molar-refractivity contribution is -0.117. The Bertz CT molecular complexity index is 803. The van der Waals surface area contributed by atoms with E-state index >= 15 is 0 Å². The summed E-state index contributed by atoms with van der Waals surface area (Å²) in [6.07, 6.45) is 2.84. The third-order valence-electron chi connectivity index (χ3n) is 5.13. The van der Waals surface area contributed by atoms with Crippen LogP contribution in [0.15, 0.2) is 54.6 Å². The molecule has 1 fully saturated rings. The van der Waals surface area contributed by atoms with E-state index in [1.54, 1.807) is 0 Å². The molecule has 3 N–H and O–H groups in total. The first kappa shape index (κ1) is 20.7. The molecule has 1 aliphatic rings. The third kappa shape index (κ3) is 6.52. The molecule has 2 aromatic carbocycles. The highest BCUT2D eigenvalue weighted by atomic mass is 16.2. The zero-order chi connectivity index (χ0) is 20.6. The van der Waals surface area contributed by atoms with Crippen LogP contribution >= 0.6 is 0 Å². The molecule has 6 nitrogen and oxygen atoms in total. The highest BCUT2D eigenvalue weighted by Gasteiger charge is 2.29. The maximum absolute atomic E-state index is 12.1. The van der Waals surface area contributed by atoms with Crippen molar-refractivity contribution in [3.63, 3.8) is 0 Å². The second-order valence-corrected chi connectivity index (χ2v) is 7.62. The first-order valence-electron chi connectivity index (χ1n) is 10.2. The normalized spacial score (nSPS) is 14.0. The Hall–Kier alpha value is -3.02. The van der Waals surface area contributed by atoms with Crippen molar-refractivity contribution in [1.82, 2.24) is 10.6 Å². The topological polar surface area (TPSA) is 73.5 Å². The van der Waals surface area contributed by atoms with Gasteiger partial charge in [0.1, 0.15) is 0 Å². The predicted molar refractivity (Wildman–Crippen MR) is 117 cm³/mol. The lowest BCUT2D eigenvalue weighted by atomic mass is 10.1. The summed E-state index contributed by atoms with van der Waals surface area (Å²) >= 11 is 0. The maximum Gasteiger partial charge on any atom is 0.315 e. The van der Waals surface area contributed by atoms with E-state index in [1.807, 2.05) is 56.4 Å². The Kier molecular flexibility index (Phi) is 7.11. The minimum absolute atomic E-state index is 0.0983. The van der Waals surface area contributed by atoms with Gasteiger partial charge in [-0.1, -0.05) is 30.3 Å². The van der Waals surface area contributed by atoms with E-state index in [9.17, 15) is 9.59 Å². The van der Waals surface area contributed by atoms with Crippen LogP contribution in [-0.2, 0) is 4.79 Å². The van der Waals surface area contributed by atoms with Crippen molar-refractivity contribution >= 4 is 23.3 Å². The summed E-state index contributed by atoms with van der Waals surface area (Å²) in [5, 5.41) is 8.79. The Morgan fingerprint density at radius 1 is 1.07 bits per heavy atom. The fourth-order valence-electron chi connectivity index (χ4n) is 3.11. The number of hydrogen-bond acceptors (Lipinski definition) is 3. The van der Waals surface area contributed by atoms with Gasteiger partial charge in [0.05, 0.1) is 6.04 Å². The average Bonchev–Trinajstić information content (AvgIpc) is 3.57. The van der Waals surface area contributed by atoms with Crippen molar-refractivity contribution in [1.29, 1.82) is 0 Å². The van der Waals surface area contributed by atoms with E-state index < -0.39 is 0 Å². The Morgan fingerprint density at radius 2 is 1.76 bits per heavy atom. The molecule has 154 valence electrons. The zero-order valence-electron chi connectivity index (χ0n) is 17.2. The summed E-state index contributed by atoms with van der Waals surface area (Å²) in [6, 6.07) is 17.5. The number of benzene rings is 2. The quantitative estimate of drug-likeness (QED) is 0.565. The molecule has 2 aromatic rings. The smallest absolute Gasteiger partial charge is 0.315 e. The van der Waals surface area contributed by atoms with Gasteiger partial charge >= 0.3 is 6.03 Å². The van der Waals surface area contributed by atoms with Crippen LogP contribution in [-0.4, -0.2) is 32.1 Å². The minimum atomic E-state index is -0.175. The highest BCUT2D eigenvalue weighted by molar-refractivity contribution is 5.94. The first-order chi connectivity index (χ1) is 14.0. The summed E-state index contributed by atoms with van der Waals surface area (Å²) in [6.45, 7) is 3.43. The van der Waals surface area contributed by atoms with Crippen LogP contribution < -0.4 is 20.9 Å². The fourth-order valence-corrected chi connectivity index (χ4v) is 3.11. The van der Waals surface area contributed by atoms with Gasteiger partial charge in [0.25, 0.3) is 0 Å². The van der Waals surface area contributed by atoms with E-state index in [0.29, 0.717) is 6.54 Å². The van der Waals surface area contributed by atoms with Crippen LogP contribution in [0.5, 0.6) is 0 Å². The number of nitrogens with zero attached hydrogens (tertiary/aromatic N) is 1. The highest BCUT2D eigenvalue weighted by Crippen LogP contribution is 2.30. The van der Waals surface area contributed by atoms with Gasteiger partial charge in [0.2, 0.25) is 5.91 Å². The van der Waals surface area contributed by atoms with Gasteiger partial charge < -0.3 is 20.9 Å². The molecule has 3 amide bonds. The molecule has 1 saturated carbocycles. The van der Waals surface area contributed by atoms with Gasteiger partial charge in [0, 0.05) is 37.4 Å². The molecule has 1 unspecified atom stereocenters. The average molecular weight is 395 g/mol. The Morgan fingerprint density at radius 3 is 2.41 bits per heavy atom. The van der Waals surface area contributed by atoms with Crippen LogP contribution in [0.2, 0.25) is 0 Å². The van der Waals surface area contributed by atoms with Crippen LogP contribution in [0, 0.1) is 5.92 Å². The van der Waals surface area contributed by atoms with Crippen LogP contribution in [0.3, 0.4) is 0 Å². The largest absolute Gasteiger partial charge is 0.375 e. The summed E-state index contributed by atoms with van der Waals surface area (Å²) in [4.78, 5) is 26.1. The van der Waals surface area contributed by atoms with Gasteiger partial charge in [-0.15, -0.1) is 0 Å². The van der Waals surface area contributed by atoms with Gasteiger partial charge in [-0.05, 0) is 56.0 Å². The summed E-state index contributed by atoms with van der Waals surface area (Å²) < 4.78 is 0. The summed E-state index contributed by atoms with van der Waals surface area (Å²) in [5.41, 5.74) is 2.96. The number of rotatable bonds is 9. The lowest BCUT2D eigenvalue weighted by Crippen LogP contribution is -2.38. The third-order valence-corrected chi connectivity index (χ3v) is 5.13. The van der Waals surface area contributed by atoms with Gasteiger partial charge in [-0.3, -0.25) is 4.79 Å². The maximum atomic E-state index is 12.1. The monoisotopic (exact) mass is 394 g/mol. The van der Waals surface area contributed by atoms with Crippen molar-refractivity contribution in [2.45, 2.75) is 32.2 Å². The standard InChI is InChI=1S/C23H30N4O2/c1-17(18-11-13-20(14-12-18)26-22(28)19-9-10-19)25-23(29)24-15-6-16-27(2)21-7-4-3-5-8-21/h3-5,7-8,11-14,17,19H,6,9-10,15-16H2,1-2H3,(H,26,28)(H2,24,25,29). The molecule has 0 bridgehead atoms. The van der Waals surface area contributed by atoms with E-state index in [4.69, 9.17) is 0 Å². The first-order valence-corrected chi connectivity index (χ1v) is 10.2. The summed E-state index contributed by atoms with van der Waals surface area (Å²) in [5.74, 6) is 0.285. The van der Waals surface area contributed by atoms with Crippen molar-refractivity contribution in [3.05, 3.63) is 60.2 Å². The molecule has 1 atom stereocenters. The molecule has 0 radical (unpaired) electrons. The molecule has 1 aliphatic carbocycles. The van der Waals surface area contributed by atoms with Crippen molar-refractivity contribution < 1.29 is 9.59 Å². The number of nitrogens with one attached hydrogen (secondary N) is 3. The van der Waals surface area contributed by atoms with E-state index in [1.165, 1.54) is 5.69 Å². The fraction of sp³-hybridized carbons (Fsp3) is 0.391. The van der Waals surface area contributed by atoms with Crippen LogP contribution in [0.1, 0.15) is 37.8 Å². The van der Waals surface area contributed by atoms with E-state index in [-0.39, 0.29) is 23.9 Å². The van der Waals surface area contributed by atoms with Gasteiger partial charge in [-0.2, -0.15) is 0 Å². The van der Waals surface area contributed by atoms with Crippen molar-refractivity contribution in [2.24, 2.45) is 5.92 Å². The van der Waals surface area contributed by atoms with Crippen LogP contribution in [0.25, 0.3) is 0 Å². The number of carbonyl (C=O) groups is 2. The molecule has 0 spiro atoms. The van der Waals surface area contributed by atoms with Crippen molar-refractivity contribution in [2.75, 3.05) is 30.4 Å². The molecule has 6 heteroatoms. The van der Waals surface area contributed by atoms with Gasteiger partial charge in [0.15, 0.2) is 0 Å². The molecule has 3 rings (SSSR count). The van der Waals surface area contributed by atoms with Crippen molar-refractivity contribution in [3.8, 4) is 0 Å². The molecule has 0 aromatic heterocycles. The Labute approximate surface area is 172 Å². The number of amides is 3. The SMILES string of the molecule is CC(NC(=O)NCCCN(C)c1ccccc1)c1ccc(NC(=O)C2CC2)cc1. The molecular weight excluding hydrogens is 364 g/mol. The second-order valence-electron chi connectivity index (χ2n) is 7.62.